The van der Waals surface area contributed by atoms with Crippen LogP contribution < -0.4 is 16.4 Å². The molecule has 2 aliphatic carbocycles. The van der Waals surface area contributed by atoms with E-state index in [-0.39, 0.29) is 17.9 Å². The molecule has 2 rings (SSSR count). The molecule has 0 saturated heterocycles. The molecule has 0 aromatic carbocycles. The van der Waals surface area contributed by atoms with Gasteiger partial charge in [-0.1, -0.05) is 12.8 Å². The van der Waals surface area contributed by atoms with Gasteiger partial charge in [0.05, 0.1) is 13.2 Å². The van der Waals surface area contributed by atoms with Gasteiger partial charge in [-0.05, 0) is 45.1 Å². The summed E-state index contributed by atoms with van der Waals surface area (Å²) in [4.78, 5) is 23.7. The first-order chi connectivity index (χ1) is 10.0. The van der Waals surface area contributed by atoms with Crippen LogP contribution in [0.3, 0.4) is 0 Å². The summed E-state index contributed by atoms with van der Waals surface area (Å²) < 4.78 is 5.04. The molecular formula is C15H27N3O3. The molecule has 0 heterocycles. The predicted molar refractivity (Wildman–Crippen MR) is 79.5 cm³/mol. The average Bonchev–Trinajstić information content (AvgIpc) is 3.27. The first kappa shape index (κ1) is 16.2. The fourth-order valence-electron chi connectivity index (χ4n) is 3.49. The van der Waals surface area contributed by atoms with Gasteiger partial charge >= 0.3 is 5.97 Å². The van der Waals surface area contributed by atoms with E-state index in [4.69, 9.17) is 10.5 Å². The van der Waals surface area contributed by atoms with Gasteiger partial charge in [0.15, 0.2) is 0 Å². The van der Waals surface area contributed by atoms with Crippen molar-refractivity contribution in [2.75, 3.05) is 14.2 Å². The van der Waals surface area contributed by atoms with Crippen molar-refractivity contribution in [2.24, 2.45) is 11.7 Å². The lowest BCUT2D eigenvalue weighted by molar-refractivity contribution is -0.151. The van der Waals surface area contributed by atoms with E-state index in [0.717, 1.165) is 38.5 Å². The second-order valence-electron chi connectivity index (χ2n) is 6.43. The fourth-order valence-corrected chi connectivity index (χ4v) is 3.49. The molecule has 120 valence electrons. The highest BCUT2D eigenvalue weighted by Crippen LogP contribution is 2.38. The molecule has 21 heavy (non-hydrogen) atoms. The van der Waals surface area contributed by atoms with Crippen LogP contribution in [-0.2, 0) is 14.3 Å². The molecule has 6 heteroatoms. The summed E-state index contributed by atoms with van der Waals surface area (Å²) in [5, 5.41) is 6.46. The Morgan fingerprint density at radius 2 is 2.10 bits per heavy atom. The lowest BCUT2D eigenvalue weighted by atomic mass is 9.73. The van der Waals surface area contributed by atoms with Crippen LogP contribution >= 0.6 is 0 Å². The third-order valence-electron chi connectivity index (χ3n) is 4.75. The Hall–Kier alpha value is -1.14. The zero-order chi connectivity index (χ0) is 15.5. The Labute approximate surface area is 126 Å². The minimum absolute atomic E-state index is 0.167. The van der Waals surface area contributed by atoms with Gasteiger partial charge in [0.2, 0.25) is 5.91 Å². The Bertz CT molecular complexity index is 398. The summed E-state index contributed by atoms with van der Waals surface area (Å²) in [7, 11) is 3.19. The Balaban J connectivity index is 2.04. The van der Waals surface area contributed by atoms with Gasteiger partial charge in [0.25, 0.3) is 0 Å². The van der Waals surface area contributed by atoms with Crippen molar-refractivity contribution in [1.29, 1.82) is 0 Å². The van der Waals surface area contributed by atoms with Gasteiger partial charge in [-0.3, -0.25) is 14.9 Å². The Morgan fingerprint density at radius 1 is 1.38 bits per heavy atom. The summed E-state index contributed by atoms with van der Waals surface area (Å²) in [5.41, 5.74) is 4.83. The molecule has 6 nitrogen and oxygen atoms in total. The summed E-state index contributed by atoms with van der Waals surface area (Å²) in [5.74, 6) is -0.199. The van der Waals surface area contributed by atoms with Gasteiger partial charge in [0, 0.05) is 6.04 Å². The molecule has 0 aromatic rings. The number of likely N-dealkylation sites (N-methyl/N-ethyl adjacent to an activating group) is 1. The number of amides is 1. The van der Waals surface area contributed by atoms with Crippen LogP contribution in [0.1, 0.15) is 44.9 Å². The second kappa shape index (κ2) is 6.75. The average molecular weight is 297 g/mol. The van der Waals surface area contributed by atoms with Crippen LogP contribution in [0.2, 0.25) is 0 Å². The SMILES string of the molecule is CNC(CC1CCCC(NC2CC2)(C(=O)OC)C1)C(N)=O. The van der Waals surface area contributed by atoms with Gasteiger partial charge in [-0.25, -0.2) is 0 Å². The normalized spacial score (nSPS) is 30.7. The molecule has 2 fully saturated rings. The van der Waals surface area contributed by atoms with E-state index in [1.54, 1.807) is 7.05 Å². The van der Waals surface area contributed by atoms with E-state index in [1.165, 1.54) is 7.11 Å². The number of nitrogens with two attached hydrogens (primary N) is 1. The van der Waals surface area contributed by atoms with Crippen LogP contribution in [0, 0.1) is 5.92 Å². The quantitative estimate of drug-likeness (QED) is 0.588. The Kier molecular flexibility index (Phi) is 5.22. The van der Waals surface area contributed by atoms with Crippen molar-refractivity contribution in [3.05, 3.63) is 0 Å². The zero-order valence-electron chi connectivity index (χ0n) is 13.0. The third kappa shape index (κ3) is 3.95. The summed E-state index contributed by atoms with van der Waals surface area (Å²) in [6.45, 7) is 0. The number of nitrogens with one attached hydrogen (secondary N) is 2. The summed E-state index contributed by atoms with van der Waals surface area (Å²) >= 11 is 0. The van der Waals surface area contributed by atoms with Crippen LogP contribution in [0.25, 0.3) is 0 Å². The minimum Gasteiger partial charge on any atom is -0.468 e. The highest BCUT2D eigenvalue weighted by atomic mass is 16.5. The number of carbonyl (C=O) groups is 2. The van der Waals surface area contributed by atoms with Crippen molar-refractivity contribution in [3.63, 3.8) is 0 Å². The monoisotopic (exact) mass is 297 g/mol. The third-order valence-corrected chi connectivity index (χ3v) is 4.75. The minimum atomic E-state index is -0.575. The summed E-state index contributed by atoms with van der Waals surface area (Å²) in [6, 6.07) is 0.114. The van der Waals surface area contributed by atoms with Crippen molar-refractivity contribution < 1.29 is 14.3 Å². The zero-order valence-corrected chi connectivity index (χ0v) is 13.0. The number of ether oxygens (including phenoxy) is 1. The first-order valence-electron chi connectivity index (χ1n) is 7.83. The van der Waals surface area contributed by atoms with Crippen molar-refractivity contribution >= 4 is 11.9 Å². The van der Waals surface area contributed by atoms with E-state index >= 15 is 0 Å². The molecule has 0 aromatic heterocycles. The lowest BCUT2D eigenvalue weighted by Crippen LogP contribution is -2.57. The van der Waals surface area contributed by atoms with Crippen LogP contribution in [-0.4, -0.2) is 43.7 Å². The topological polar surface area (TPSA) is 93.4 Å². The Morgan fingerprint density at radius 3 is 2.62 bits per heavy atom. The molecule has 3 unspecified atom stereocenters. The highest BCUT2D eigenvalue weighted by Gasteiger charge is 2.46. The summed E-state index contributed by atoms with van der Waals surface area (Å²) in [6.07, 6.45) is 6.46. The number of carbonyl (C=O) groups excluding carboxylic acids is 2. The molecule has 4 N–H and O–H groups in total. The van der Waals surface area contributed by atoms with Gasteiger partial charge in [-0.2, -0.15) is 0 Å². The molecule has 2 saturated carbocycles. The van der Waals surface area contributed by atoms with Crippen molar-refractivity contribution in [2.45, 2.75) is 62.6 Å². The predicted octanol–water partition coefficient (Wildman–Crippen LogP) is 0.304. The van der Waals surface area contributed by atoms with Gasteiger partial charge in [-0.15, -0.1) is 0 Å². The largest absolute Gasteiger partial charge is 0.468 e. The molecule has 0 aliphatic heterocycles. The number of rotatable bonds is 7. The standard InChI is InChI=1S/C15H27N3O3/c1-17-12(13(16)19)8-10-4-3-7-15(9-10,14(20)21-2)18-11-5-6-11/h10-12,17-18H,3-9H2,1-2H3,(H2,16,19). The van der Waals surface area contributed by atoms with Gasteiger partial charge < -0.3 is 15.8 Å². The van der Waals surface area contributed by atoms with E-state index in [1.807, 2.05) is 0 Å². The maximum Gasteiger partial charge on any atom is 0.326 e. The van der Waals surface area contributed by atoms with E-state index in [9.17, 15) is 9.59 Å². The molecular weight excluding hydrogens is 270 g/mol. The molecule has 3 atom stereocenters. The van der Waals surface area contributed by atoms with Crippen LogP contribution in [0.15, 0.2) is 0 Å². The lowest BCUT2D eigenvalue weighted by Gasteiger charge is -2.40. The number of hydrogen-bond donors (Lipinski definition) is 3. The van der Waals surface area contributed by atoms with E-state index in [0.29, 0.717) is 18.4 Å². The van der Waals surface area contributed by atoms with Crippen LogP contribution in [0.4, 0.5) is 0 Å². The molecule has 2 aliphatic rings. The highest BCUT2D eigenvalue weighted by molar-refractivity contribution is 5.81. The fraction of sp³-hybridized carbons (Fsp3) is 0.867. The second-order valence-corrected chi connectivity index (χ2v) is 6.43. The maximum atomic E-state index is 12.3. The molecule has 0 radical (unpaired) electrons. The first-order valence-corrected chi connectivity index (χ1v) is 7.83. The number of esters is 1. The molecule has 0 bridgehead atoms. The number of hydrogen-bond acceptors (Lipinski definition) is 5. The van der Waals surface area contributed by atoms with E-state index in [2.05, 4.69) is 10.6 Å². The number of methoxy groups -OCH3 is 1. The van der Waals surface area contributed by atoms with Crippen molar-refractivity contribution in [1.82, 2.24) is 10.6 Å². The maximum absolute atomic E-state index is 12.3. The number of primary amides is 1. The smallest absolute Gasteiger partial charge is 0.326 e. The van der Waals surface area contributed by atoms with E-state index < -0.39 is 5.54 Å². The molecule has 1 amide bonds. The van der Waals surface area contributed by atoms with Crippen LogP contribution in [0.5, 0.6) is 0 Å². The molecule has 0 spiro atoms. The van der Waals surface area contributed by atoms with Gasteiger partial charge in [0.1, 0.15) is 5.54 Å². The van der Waals surface area contributed by atoms with Crippen molar-refractivity contribution in [3.8, 4) is 0 Å².